The number of guanidine groups is 1. The molecule has 1 aromatic carbocycles. The van der Waals surface area contributed by atoms with Crippen LogP contribution in [0.15, 0.2) is 50.6 Å². The predicted molar refractivity (Wildman–Crippen MR) is 121 cm³/mol. The summed E-state index contributed by atoms with van der Waals surface area (Å²) in [6.45, 7) is 3.35. The molecular weight excluding hydrogens is 497 g/mol. The summed E-state index contributed by atoms with van der Waals surface area (Å²) in [7, 11) is 1.73. The van der Waals surface area contributed by atoms with Crippen molar-refractivity contribution in [1.29, 1.82) is 0 Å². The zero-order valence-electron chi connectivity index (χ0n) is 15.0. The highest BCUT2D eigenvalue weighted by atomic mass is 127. The van der Waals surface area contributed by atoms with Crippen molar-refractivity contribution < 1.29 is 4.52 Å². The number of nitrogens with one attached hydrogen (secondary N) is 2. The van der Waals surface area contributed by atoms with Gasteiger partial charge in [-0.2, -0.15) is 16.3 Å². The highest BCUT2D eigenvalue weighted by molar-refractivity contribution is 14.0. The molecule has 0 spiro atoms. The van der Waals surface area contributed by atoms with E-state index >= 15 is 0 Å². The van der Waals surface area contributed by atoms with Crippen LogP contribution in [0.1, 0.15) is 24.3 Å². The fourth-order valence-corrected chi connectivity index (χ4v) is 3.35. The molecular formula is C18H21ClIN5OS. The van der Waals surface area contributed by atoms with E-state index < -0.39 is 0 Å². The summed E-state index contributed by atoms with van der Waals surface area (Å²) in [6, 6.07) is 9.49. The van der Waals surface area contributed by atoms with Gasteiger partial charge in [0.25, 0.3) is 0 Å². The molecule has 0 radical (unpaired) electrons. The molecule has 3 aromatic rings. The lowest BCUT2D eigenvalue weighted by Gasteiger charge is -2.14. The smallest absolute Gasteiger partial charge is 0.246 e. The van der Waals surface area contributed by atoms with E-state index in [0.717, 1.165) is 12.1 Å². The van der Waals surface area contributed by atoms with Crippen LogP contribution in [0, 0.1) is 0 Å². The van der Waals surface area contributed by atoms with Gasteiger partial charge in [-0.05, 0) is 40.4 Å². The molecule has 0 bridgehead atoms. The number of nitrogens with zero attached hydrogens (tertiary/aromatic N) is 3. The quantitative estimate of drug-likeness (QED) is 0.285. The van der Waals surface area contributed by atoms with Gasteiger partial charge in [0.2, 0.25) is 11.7 Å². The van der Waals surface area contributed by atoms with Crippen LogP contribution in [-0.4, -0.2) is 29.7 Å². The van der Waals surface area contributed by atoms with Crippen LogP contribution >= 0.6 is 46.9 Å². The Bertz CT molecular complexity index is 868. The largest absolute Gasteiger partial charge is 0.356 e. The normalized spacial score (nSPS) is 12.3. The second-order valence-electron chi connectivity index (χ2n) is 5.79. The van der Waals surface area contributed by atoms with Gasteiger partial charge in [-0.25, -0.2) is 0 Å². The van der Waals surface area contributed by atoms with Crippen molar-refractivity contribution in [2.45, 2.75) is 19.4 Å². The van der Waals surface area contributed by atoms with Crippen LogP contribution in [0.4, 0.5) is 0 Å². The van der Waals surface area contributed by atoms with E-state index in [4.69, 9.17) is 16.1 Å². The highest BCUT2D eigenvalue weighted by Gasteiger charge is 2.11. The number of aliphatic imine (C=N–C) groups is 1. The van der Waals surface area contributed by atoms with Crippen LogP contribution in [0.5, 0.6) is 0 Å². The van der Waals surface area contributed by atoms with Crippen molar-refractivity contribution in [1.82, 2.24) is 20.8 Å². The number of hydrogen-bond donors (Lipinski definition) is 2. The van der Waals surface area contributed by atoms with Crippen LogP contribution in [-0.2, 0) is 6.54 Å². The lowest BCUT2D eigenvalue weighted by Crippen LogP contribution is -2.38. The first-order valence-electron chi connectivity index (χ1n) is 8.21. The van der Waals surface area contributed by atoms with Gasteiger partial charge in [0.15, 0.2) is 5.96 Å². The lowest BCUT2D eigenvalue weighted by atomic mass is 10.1. The van der Waals surface area contributed by atoms with Crippen molar-refractivity contribution >= 4 is 52.9 Å². The molecule has 0 fully saturated rings. The first-order valence-corrected chi connectivity index (χ1v) is 9.53. The van der Waals surface area contributed by atoms with E-state index in [2.05, 4.69) is 49.5 Å². The minimum absolute atomic E-state index is 0. The van der Waals surface area contributed by atoms with Gasteiger partial charge in [-0.3, -0.25) is 4.99 Å². The molecule has 2 N–H and O–H groups in total. The van der Waals surface area contributed by atoms with Gasteiger partial charge in [0.1, 0.15) is 0 Å². The monoisotopic (exact) mass is 517 g/mol. The minimum atomic E-state index is 0. The van der Waals surface area contributed by atoms with E-state index in [1.54, 1.807) is 30.5 Å². The zero-order chi connectivity index (χ0) is 18.4. The Labute approximate surface area is 184 Å². The number of halogens is 2. The maximum atomic E-state index is 6.00. The second-order valence-corrected chi connectivity index (χ2v) is 7.00. The summed E-state index contributed by atoms with van der Waals surface area (Å²) in [6.07, 6.45) is 0. The molecule has 9 heteroatoms. The van der Waals surface area contributed by atoms with Crippen molar-refractivity contribution in [3.05, 3.63) is 57.6 Å². The molecule has 2 heterocycles. The third kappa shape index (κ3) is 6.18. The topological polar surface area (TPSA) is 75.3 Å². The third-order valence-corrected chi connectivity index (χ3v) is 4.81. The molecule has 0 aliphatic rings. The van der Waals surface area contributed by atoms with Gasteiger partial charge in [-0.15, -0.1) is 24.0 Å². The SMILES string of the molecule is CN=C(NCc1nc(-c2cccc(Cl)c2)no1)NCC(C)c1ccsc1.I. The Kier molecular flexibility index (Phi) is 8.52. The van der Waals surface area contributed by atoms with Crippen LogP contribution in [0.25, 0.3) is 11.4 Å². The van der Waals surface area contributed by atoms with Gasteiger partial charge < -0.3 is 15.2 Å². The van der Waals surface area contributed by atoms with E-state index in [-0.39, 0.29) is 24.0 Å². The van der Waals surface area contributed by atoms with Crippen molar-refractivity contribution in [3.8, 4) is 11.4 Å². The molecule has 3 rings (SSSR count). The minimum Gasteiger partial charge on any atom is -0.356 e. The molecule has 0 saturated carbocycles. The third-order valence-electron chi connectivity index (χ3n) is 3.87. The van der Waals surface area contributed by atoms with Gasteiger partial charge in [-0.1, -0.05) is 35.8 Å². The Balaban J connectivity index is 0.00000261. The molecule has 2 aromatic heterocycles. The van der Waals surface area contributed by atoms with E-state index in [1.165, 1.54) is 5.56 Å². The molecule has 1 atom stereocenters. The molecule has 0 aliphatic carbocycles. The Morgan fingerprint density at radius 2 is 2.19 bits per heavy atom. The van der Waals surface area contributed by atoms with E-state index in [9.17, 15) is 0 Å². The van der Waals surface area contributed by atoms with Crippen LogP contribution in [0.2, 0.25) is 5.02 Å². The van der Waals surface area contributed by atoms with Crippen LogP contribution in [0.3, 0.4) is 0 Å². The summed E-state index contributed by atoms with van der Waals surface area (Å²) < 4.78 is 5.29. The van der Waals surface area contributed by atoms with Gasteiger partial charge >= 0.3 is 0 Å². The molecule has 0 saturated heterocycles. The summed E-state index contributed by atoms with van der Waals surface area (Å²) in [4.78, 5) is 8.61. The summed E-state index contributed by atoms with van der Waals surface area (Å²) >= 11 is 7.71. The molecule has 0 amide bonds. The van der Waals surface area contributed by atoms with Crippen molar-refractivity contribution in [2.24, 2.45) is 4.99 Å². The summed E-state index contributed by atoms with van der Waals surface area (Å²) in [5, 5.41) is 15.4. The van der Waals surface area contributed by atoms with Crippen molar-refractivity contribution in [3.63, 3.8) is 0 Å². The van der Waals surface area contributed by atoms with Crippen molar-refractivity contribution in [2.75, 3.05) is 13.6 Å². The number of benzene rings is 1. The average Bonchev–Trinajstić information content (AvgIpc) is 3.34. The fraction of sp³-hybridized carbons (Fsp3) is 0.278. The molecule has 6 nitrogen and oxygen atoms in total. The van der Waals surface area contributed by atoms with E-state index in [0.29, 0.717) is 35.2 Å². The Morgan fingerprint density at radius 3 is 2.89 bits per heavy atom. The van der Waals surface area contributed by atoms with E-state index in [1.807, 2.05) is 12.1 Å². The maximum Gasteiger partial charge on any atom is 0.246 e. The first kappa shape index (κ1) is 21.6. The fourth-order valence-electron chi connectivity index (χ4n) is 2.37. The second kappa shape index (κ2) is 10.6. The Hall–Kier alpha value is -1.65. The molecule has 1 unspecified atom stereocenters. The molecule has 0 aliphatic heterocycles. The summed E-state index contributed by atoms with van der Waals surface area (Å²) in [5.41, 5.74) is 2.14. The number of thiophene rings is 1. The predicted octanol–water partition coefficient (Wildman–Crippen LogP) is 4.54. The summed E-state index contributed by atoms with van der Waals surface area (Å²) in [5.74, 6) is 2.08. The maximum absolute atomic E-state index is 6.00. The zero-order valence-corrected chi connectivity index (χ0v) is 18.9. The number of hydrogen-bond acceptors (Lipinski definition) is 5. The number of aromatic nitrogens is 2. The highest BCUT2D eigenvalue weighted by Crippen LogP contribution is 2.20. The van der Waals surface area contributed by atoms with Gasteiger partial charge in [0, 0.05) is 24.2 Å². The van der Waals surface area contributed by atoms with Crippen LogP contribution < -0.4 is 10.6 Å². The average molecular weight is 518 g/mol. The standard InChI is InChI=1S/C18H20ClN5OS.HI/c1-12(14-6-7-26-11-14)9-21-18(20-2)22-10-16-23-17(24-25-16)13-4-3-5-15(19)8-13;/h3-8,11-12H,9-10H2,1-2H3,(H2,20,21,22);1H. The molecule has 27 heavy (non-hydrogen) atoms. The number of rotatable bonds is 6. The lowest BCUT2D eigenvalue weighted by molar-refractivity contribution is 0.375. The Morgan fingerprint density at radius 1 is 1.33 bits per heavy atom. The molecule has 144 valence electrons. The van der Waals surface area contributed by atoms with Gasteiger partial charge in [0.05, 0.1) is 6.54 Å². The first-order chi connectivity index (χ1) is 12.7.